The van der Waals surface area contributed by atoms with Crippen LogP contribution >= 0.6 is 0 Å². The zero-order valence-electron chi connectivity index (χ0n) is 10.1. The first-order chi connectivity index (χ1) is 8.11. The van der Waals surface area contributed by atoms with E-state index in [0.29, 0.717) is 32.5 Å². The predicted molar refractivity (Wildman–Crippen MR) is 59.0 cm³/mol. The summed E-state index contributed by atoms with van der Waals surface area (Å²) in [4.78, 5) is 11.8. The summed E-state index contributed by atoms with van der Waals surface area (Å²) in [5.41, 5.74) is -1.11. The van der Waals surface area contributed by atoms with Gasteiger partial charge < -0.3 is 10.1 Å². The maximum Gasteiger partial charge on any atom is 0.310 e. The van der Waals surface area contributed by atoms with Gasteiger partial charge in [-0.05, 0) is 25.2 Å². The Labute approximate surface area is 99.9 Å². The van der Waals surface area contributed by atoms with Crippen molar-refractivity contribution in [3.05, 3.63) is 0 Å². The molecule has 0 aromatic heterocycles. The number of halogens is 2. The lowest BCUT2D eigenvalue weighted by atomic mass is 9.50. The van der Waals surface area contributed by atoms with Gasteiger partial charge in [0.1, 0.15) is 0 Å². The molecule has 1 saturated carbocycles. The molecular formula is C12H19F2NO2. The molecule has 2 rings (SSSR count). The molecule has 0 bridgehead atoms. The summed E-state index contributed by atoms with van der Waals surface area (Å²) < 4.78 is 30.7. The summed E-state index contributed by atoms with van der Waals surface area (Å²) >= 11 is 0. The maximum atomic E-state index is 12.8. The zero-order chi connectivity index (χ0) is 12.5. The van der Waals surface area contributed by atoms with Gasteiger partial charge in [-0.2, -0.15) is 0 Å². The van der Waals surface area contributed by atoms with Crippen LogP contribution in [-0.4, -0.2) is 39.0 Å². The standard InChI is InChI=1S/C12H19F2NO2/c1-2-17-10(16)9-3-15-8-12(9)4-11(5-12,6-13)7-14/h9,15H,2-8H2,1H3. The lowest BCUT2D eigenvalue weighted by Gasteiger charge is -2.54. The first kappa shape index (κ1) is 12.7. The van der Waals surface area contributed by atoms with Gasteiger partial charge in [0.25, 0.3) is 0 Å². The van der Waals surface area contributed by atoms with Crippen LogP contribution in [0.5, 0.6) is 0 Å². The van der Waals surface area contributed by atoms with E-state index in [4.69, 9.17) is 4.74 Å². The van der Waals surface area contributed by atoms with Gasteiger partial charge in [0, 0.05) is 18.5 Å². The molecule has 98 valence electrons. The molecule has 1 heterocycles. The number of alkyl halides is 2. The fraction of sp³-hybridized carbons (Fsp3) is 0.917. The van der Waals surface area contributed by atoms with Crippen molar-refractivity contribution in [2.75, 3.05) is 33.0 Å². The van der Waals surface area contributed by atoms with E-state index in [1.165, 1.54) is 0 Å². The molecule has 0 aromatic rings. The van der Waals surface area contributed by atoms with Crippen molar-refractivity contribution in [3.8, 4) is 0 Å². The number of rotatable bonds is 4. The summed E-state index contributed by atoms with van der Waals surface area (Å²) in [5, 5.41) is 3.14. The van der Waals surface area contributed by atoms with E-state index in [1.54, 1.807) is 6.92 Å². The fourth-order valence-corrected chi connectivity index (χ4v) is 3.42. The van der Waals surface area contributed by atoms with Crippen molar-refractivity contribution in [3.63, 3.8) is 0 Å². The summed E-state index contributed by atoms with van der Waals surface area (Å²) in [5.74, 6) is -0.475. The van der Waals surface area contributed by atoms with Gasteiger partial charge in [-0.25, -0.2) is 0 Å². The molecule has 0 radical (unpaired) electrons. The van der Waals surface area contributed by atoms with Crippen LogP contribution in [0, 0.1) is 16.7 Å². The monoisotopic (exact) mass is 247 g/mol. The topological polar surface area (TPSA) is 38.3 Å². The van der Waals surface area contributed by atoms with Gasteiger partial charge in [-0.1, -0.05) is 0 Å². The SMILES string of the molecule is CCOC(=O)C1CNCC12CC(CF)(CF)C2. The molecule has 3 nitrogen and oxygen atoms in total. The van der Waals surface area contributed by atoms with Gasteiger partial charge in [-0.3, -0.25) is 13.6 Å². The van der Waals surface area contributed by atoms with Crippen LogP contribution in [0.1, 0.15) is 19.8 Å². The maximum absolute atomic E-state index is 12.8. The average Bonchev–Trinajstić information content (AvgIpc) is 2.70. The molecular weight excluding hydrogens is 228 g/mol. The number of hydrogen-bond donors (Lipinski definition) is 1. The van der Waals surface area contributed by atoms with Crippen LogP contribution in [0.25, 0.3) is 0 Å². The lowest BCUT2D eigenvalue weighted by molar-refractivity contribution is -0.161. The molecule has 0 amide bonds. The van der Waals surface area contributed by atoms with Crippen LogP contribution in [0.3, 0.4) is 0 Å². The Kier molecular flexibility index (Phi) is 3.39. The normalized spacial score (nSPS) is 29.0. The van der Waals surface area contributed by atoms with E-state index >= 15 is 0 Å². The molecule has 0 aromatic carbocycles. The summed E-state index contributed by atoms with van der Waals surface area (Å²) in [6, 6.07) is 0. The Morgan fingerprint density at radius 2 is 2.06 bits per heavy atom. The zero-order valence-corrected chi connectivity index (χ0v) is 10.1. The highest BCUT2D eigenvalue weighted by molar-refractivity contribution is 5.74. The van der Waals surface area contributed by atoms with Crippen LogP contribution < -0.4 is 5.32 Å². The highest BCUT2D eigenvalue weighted by Crippen LogP contribution is 2.60. The number of ether oxygens (including phenoxy) is 1. The third kappa shape index (κ3) is 1.94. The minimum absolute atomic E-state index is 0.233. The van der Waals surface area contributed by atoms with Crippen molar-refractivity contribution in [2.24, 2.45) is 16.7 Å². The molecule has 1 aliphatic carbocycles. The minimum atomic E-state index is -0.837. The first-order valence-corrected chi connectivity index (χ1v) is 6.11. The molecule has 1 spiro atoms. The Bertz CT molecular complexity index is 297. The highest BCUT2D eigenvalue weighted by Gasteiger charge is 2.62. The molecule has 1 atom stereocenters. The smallest absolute Gasteiger partial charge is 0.310 e. The van der Waals surface area contributed by atoms with E-state index in [-0.39, 0.29) is 17.3 Å². The van der Waals surface area contributed by atoms with E-state index in [2.05, 4.69) is 5.32 Å². The summed E-state index contributed by atoms with van der Waals surface area (Å²) in [6.45, 7) is 2.07. The molecule has 17 heavy (non-hydrogen) atoms. The molecule has 2 aliphatic rings. The molecule has 1 unspecified atom stereocenters. The van der Waals surface area contributed by atoms with E-state index in [9.17, 15) is 13.6 Å². The van der Waals surface area contributed by atoms with E-state index in [1.807, 2.05) is 0 Å². The highest BCUT2D eigenvalue weighted by atomic mass is 19.1. The molecule has 5 heteroatoms. The first-order valence-electron chi connectivity index (χ1n) is 6.11. The Hall–Kier alpha value is -0.710. The summed E-state index contributed by atoms with van der Waals surface area (Å²) in [6.07, 6.45) is 0.896. The largest absolute Gasteiger partial charge is 0.466 e. The second kappa shape index (κ2) is 4.52. The van der Waals surface area contributed by atoms with Crippen molar-refractivity contribution in [2.45, 2.75) is 19.8 Å². The number of nitrogens with one attached hydrogen (secondary N) is 1. The van der Waals surface area contributed by atoms with Crippen molar-refractivity contribution < 1.29 is 18.3 Å². The van der Waals surface area contributed by atoms with Crippen LogP contribution in [0.4, 0.5) is 8.78 Å². The number of carbonyl (C=O) groups is 1. The molecule has 1 N–H and O–H groups in total. The Morgan fingerprint density at radius 3 is 2.59 bits per heavy atom. The van der Waals surface area contributed by atoms with Gasteiger partial charge >= 0.3 is 5.97 Å². The van der Waals surface area contributed by atoms with Gasteiger partial charge in [0.2, 0.25) is 0 Å². The van der Waals surface area contributed by atoms with Gasteiger partial charge in [-0.15, -0.1) is 0 Å². The molecule has 2 fully saturated rings. The third-order valence-electron chi connectivity index (χ3n) is 4.16. The van der Waals surface area contributed by atoms with Crippen LogP contribution in [-0.2, 0) is 9.53 Å². The fourth-order valence-electron chi connectivity index (χ4n) is 3.42. The number of carbonyl (C=O) groups excluding carboxylic acids is 1. The summed E-state index contributed by atoms with van der Waals surface area (Å²) in [7, 11) is 0. The average molecular weight is 247 g/mol. The van der Waals surface area contributed by atoms with Gasteiger partial charge in [0.05, 0.1) is 25.9 Å². The second-order valence-electron chi connectivity index (χ2n) is 5.42. The van der Waals surface area contributed by atoms with E-state index in [0.717, 1.165) is 0 Å². The Balaban J connectivity index is 2.04. The lowest BCUT2D eigenvalue weighted by Crippen LogP contribution is -2.55. The Morgan fingerprint density at radius 1 is 1.41 bits per heavy atom. The van der Waals surface area contributed by atoms with E-state index < -0.39 is 18.8 Å². The van der Waals surface area contributed by atoms with Gasteiger partial charge in [0.15, 0.2) is 0 Å². The van der Waals surface area contributed by atoms with Crippen LogP contribution in [0.15, 0.2) is 0 Å². The molecule has 1 saturated heterocycles. The molecule has 1 aliphatic heterocycles. The second-order valence-corrected chi connectivity index (χ2v) is 5.42. The quantitative estimate of drug-likeness (QED) is 0.765. The van der Waals surface area contributed by atoms with Crippen LogP contribution in [0.2, 0.25) is 0 Å². The van der Waals surface area contributed by atoms with Crippen molar-refractivity contribution in [1.82, 2.24) is 5.32 Å². The van der Waals surface area contributed by atoms with Crippen molar-refractivity contribution in [1.29, 1.82) is 0 Å². The number of hydrogen-bond acceptors (Lipinski definition) is 3. The number of esters is 1. The third-order valence-corrected chi connectivity index (χ3v) is 4.16. The predicted octanol–water partition coefficient (Wildman–Crippen LogP) is 1.47. The minimum Gasteiger partial charge on any atom is -0.466 e. The van der Waals surface area contributed by atoms with Crippen molar-refractivity contribution >= 4 is 5.97 Å².